The Hall–Kier alpha value is -0.420. The summed E-state index contributed by atoms with van der Waals surface area (Å²) in [7, 11) is -2.40. The second kappa shape index (κ2) is 5.27. The Morgan fingerprint density at radius 2 is 2.08 bits per heavy atom. The second-order valence-electron chi connectivity index (χ2n) is 2.86. The van der Waals surface area contributed by atoms with Gasteiger partial charge in [-0.25, -0.2) is 0 Å². The van der Waals surface area contributed by atoms with Crippen molar-refractivity contribution in [3.05, 3.63) is 0 Å². The summed E-state index contributed by atoms with van der Waals surface area (Å²) in [5.41, 5.74) is 0. The van der Waals surface area contributed by atoms with Crippen molar-refractivity contribution in [3.63, 3.8) is 0 Å². The molecule has 0 aliphatic rings. The van der Waals surface area contributed by atoms with Gasteiger partial charge in [0.25, 0.3) is 0 Å². The van der Waals surface area contributed by atoms with Crippen molar-refractivity contribution in [1.29, 1.82) is 4.78 Å². The average Bonchev–Trinajstić information content (AvgIpc) is 1.96. The molecule has 0 heterocycles. The number of hydrogen-bond donors (Lipinski definition) is 2. The molecule has 0 fully saturated rings. The first-order valence-corrected chi connectivity index (χ1v) is 5.93. The van der Waals surface area contributed by atoms with Gasteiger partial charge in [0, 0.05) is 28.2 Å². The quantitative estimate of drug-likeness (QED) is 0.599. The fraction of sp³-hybridized carbons (Fsp3) is 0.857. The van der Waals surface area contributed by atoms with Crippen LogP contribution in [0.2, 0.25) is 0 Å². The zero-order valence-electron chi connectivity index (χ0n) is 7.21. The Balaban J connectivity index is 3.40. The highest BCUT2D eigenvalue weighted by atomic mass is 32.2. The van der Waals surface area contributed by atoms with E-state index in [0.717, 1.165) is 0 Å². The van der Waals surface area contributed by atoms with Crippen LogP contribution in [0.1, 0.15) is 19.3 Å². The second-order valence-corrected chi connectivity index (χ2v) is 5.28. The summed E-state index contributed by atoms with van der Waals surface area (Å²) in [5.74, 6) is 0.147. The van der Waals surface area contributed by atoms with Gasteiger partial charge in [-0.05, 0) is 12.8 Å². The summed E-state index contributed by atoms with van der Waals surface area (Å²) in [6.45, 7) is -0.414. The van der Waals surface area contributed by atoms with Gasteiger partial charge in [0.05, 0.1) is 0 Å². The van der Waals surface area contributed by atoms with Crippen LogP contribution >= 0.6 is 0 Å². The topological polar surface area (TPSA) is 78.2 Å². The zero-order valence-corrected chi connectivity index (χ0v) is 8.02. The fourth-order valence-electron chi connectivity index (χ4n) is 0.779. The fourth-order valence-corrected chi connectivity index (χ4v) is 1.53. The molecule has 72 valence electrons. The summed E-state index contributed by atoms with van der Waals surface area (Å²) in [4.78, 5) is 10.6. The van der Waals surface area contributed by atoms with E-state index in [1.165, 1.54) is 6.26 Å². The van der Waals surface area contributed by atoms with Gasteiger partial charge < -0.3 is 5.11 Å². The molecule has 0 spiro atoms. The molecule has 0 saturated heterocycles. The van der Waals surface area contributed by atoms with Gasteiger partial charge in [0.1, 0.15) is 6.61 Å². The van der Waals surface area contributed by atoms with Crippen molar-refractivity contribution < 1.29 is 14.1 Å². The lowest BCUT2D eigenvalue weighted by molar-refractivity contribution is -0.121. The first-order chi connectivity index (χ1) is 5.45. The highest BCUT2D eigenvalue weighted by Crippen LogP contribution is 1.99. The van der Waals surface area contributed by atoms with Gasteiger partial charge in [-0.2, -0.15) is 0 Å². The maximum Gasteiger partial charge on any atom is 0.158 e. The van der Waals surface area contributed by atoms with Crippen LogP contribution < -0.4 is 0 Å². The standard InChI is InChI=1S/C7H15NO3S/c1-12(8,11)5-3-2-4-7(10)6-9/h8-9H,2-6H2,1H3. The van der Waals surface area contributed by atoms with E-state index in [1.807, 2.05) is 0 Å². The largest absolute Gasteiger partial charge is 0.389 e. The van der Waals surface area contributed by atoms with Crippen molar-refractivity contribution >= 4 is 15.5 Å². The predicted molar refractivity (Wildman–Crippen MR) is 47.6 cm³/mol. The lowest BCUT2D eigenvalue weighted by atomic mass is 10.2. The van der Waals surface area contributed by atoms with Crippen molar-refractivity contribution in [3.8, 4) is 0 Å². The third kappa shape index (κ3) is 7.68. The maximum atomic E-state index is 10.8. The van der Waals surface area contributed by atoms with Gasteiger partial charge in [0.2, 0.25) is 0 Å². The van der Waals surface area contributed by atoms with Gasteiger partial charge >= 0.3 is 0 Å². The molecule has 0 amide bonds. The molecule has 1 atom stereocenters. The number of unbranched alkanes of at least 4 members (excludes halogenated alkanes) is 1. The van der Waals surface area contributed by atoms with E-state index >= 15 is 0 Å². The Labute approximate surface area is 73.0 Å². The first-order valence-electron chi connectivity index (χ1n) is 3.80. The number of carbonyl (C=O) groups excluding carboxylic acids is 1. The Morgan fingerprint density at radius 3 is 2.50 bits per heavy atom. The van der Waals surface area contributed by atoms with Crippen molar-refractivity contribution in [2.24, 2.45) is 0 Å². The molecule has 0 radical (unpaired) electrons. The van der Waals surface area contributed by atoms with Gasteiger partial charge in [-0.3, -0.25) is 13.8 Å². The lowest BCUT2D eigenvalue weighted by Crippen LogP contribution is -2.05. The Morgan fingerprint density at radius 1 is 1.50 bits per heavy atom. The molecule has 0 aliphatic heterocycles. The van der Waals surface area contributed by atoms with Gasteiger partial charge in [-0.15, -0.1) is 0 Å². The van der Waals surface area contributed by atoms with Crippen LogP contribution in [0.15, 0.2) is 0 Å². The Bertz CT molecular complexity index is 233. The van der Waals surface area contributed by atoms with Crippen LogP contribution in [0, 0.1) is 4.78 Å². The summed E-state index contributed by atoms with van der Waals surface area (Å²) in [6.07, 6.45) is 2.95. The van der Waals surface area contributed by atoms with E-state index in [4.69, 9.17) is 9.89 Å². The van der Waals surface area contributed by atoms with Crippen LogP contribution in [0.5, 0.6) is 0 Å². The number of Topliss-reactive ketones (excluding diaryl/α,β-unsaturated/α-hetero) is 1. The number of aliphatic hydroxyl groups is 1. The highest BCUT2D eigenvalue weighted by Gasteiger charge is 2.01. The van der Waals surface area contributed by atoms with Gasteiger partial charge in [-0.1, -0.05) is 0 Å². The zero-order chi connectivity index (χ0) is 9.61. The minimum atomic E-state index is -2.40. The third-order valence-electron chi connectivity index (χ3n) is 1.42. The molecule has 0 saturated carbocycles. The van der Waals surface area contributed by atoms with Crippen LogP contribution in [-0.4, -0.2) is 33.7 Å². The van der Waals surface area contributed by atoms with E-state index in [9.17, 15) is 9.00 Å². The number of aliphatic hydroxyl groups excluding tert-OH is 1. The molecule has 0 aromatic heterocycles. The first kappa shape index (κ1) is 11.6. The molecule has 5 heteroatoms. The lowest BCUT2D eigenvalue weighted by Gasteiger charge is -1.99. The molecule has 0 aromatic carbocycles. The van der Waals surface area contributed by atoms with Crippen LogP contribution in [0.3, 0.4) is 0 Å². The summed E-state index contributed by atoms with van der Waals surface area (Å²) in [6, 6.07) is 0. The van der Waals surface area contributed by atoms with Gasteiger partial charge in [0.15, 0.2) is 5.78 Å². The van der Waals surface area contributed by atoms with E-state index in [0.29, 0.717) is 25.0 Å². The summed E-state index contributed by atoms with van der Waals surface area (Å²) in [5, 5.41) is 8.35. The average molecular weight is 193 g/mol. The summed E-state index contributed by atoms with van der Waals surface area (Å²) < 4.78 is 17.9. The van der Waals surface area contributed by atoms with Crippen molar-refractivity contribution in [2.45, 2.75) is 19.3 Å². The number of carbonyl (C=O) groups is 1. The van der Waals surface area contributed by atoms with Crippen molar-refractivity contribution in [1.82, 2.24) is 0 Å². The minimum absolute atomic E-state index is 0.192. The third-order valence-corrected chi connectivity index (χ3v) is 2.48. The molecule has 12 heavy (non-hydrogen) atoms. The number of rotatable bonds is 6. The molecule has 0 rings (SSSR count). The molecule has 0 aromatic rings. The number of nitrogens with one attached hydrogen (secondary N) is 1. The monoisotopic (exact) mass is 193 g/mol. The van der Waals surface area contributed by atoms with Crippen LogP contribution in [-0.2, 0) is 14.5 Å². The van der Waals surface area contributed by atoms with Crippen LogP contribution in [0.25, 0.3) is 0 Å². The molecular formula is C7H15NO3S. The van der Waals surface area contributed by atoms with E-state index in [2.05, 4.69) is 0 Å². The molecule has 4 nitrogen and oxygen atoms in total. The SMILES string of the molecule is CS(=N)(=O)CCCCC(=O)CO. The maximum absolute atomic E-state index is 10.8. The van der Waals surface area contributed by atoms with Crippen LogP contribution in [0.4, 0.5) is 0 Å². The Kier molecular flexibility index (Phi) is 5.08. The predicted octanol–water partition coefficient (Wildman–Crippen LogP) is 0.395. The number of ketones is 1. The minimum Gasteiger partial charge on any atom is -0.389 e. The van der Waals surface area contributed by atoms with E-state index in [1.54, 1.807) is 0 Å². The van der Waals surface area contributed by atoms with Crippen molar-refractivity contribution in [2.75, 3.05) is 18.6 Å². The summed E-state index contributed by atoms with van der Waals surface area (Å²) >= 11 is 0. The normalized spacial score (nSPS) is 15.5. The molecule has 2 N–H and O–H groups in total. The molecule has 1 unspecified atom stereocenters. The van der Waals surface area contributed by atoms with E-state index in [-0.39, 0.29) is 5.78 Å². The smallest absolute Gasteiger partial charge is 0.158 e. The number of hydrogen-bond acceptors (Lipinski definition) is 4. The highest BCUT2D eigenvalue weighted by molar-refractivity contribution is 7.91. The molecule has 0 bridgehead atoms. The van der Waals surface area contributed by atoms with E-state index < -0.39 is 16.3 Å². The molecular weight excluding hydrogens is 178 g/mol. The molecule has 0 aliphatic carbocycles.